The summed E-state index contributed by atoms with van der Waals surface area (Å²) in [5.41, 5.74) is 7.16. The van der Waals surface area contributed by atoms with E-state index < -0.39 is 17.9 Å². The minimum atomic E-state index is -0.962. The van der Waals surface area contributed by atoms with Crippen molar-refractivity contribution < 1.29 is 14.3 Å². The normalized spacial score (nSPS) is 20.8. The van der Waals surface area contributed by atoms with E-state index in [9.17, 15) is 9.59 Å². The van der Waals surface area contributed by atoms with Crippen LogP contribution in [0.4, 0.5) is 5.69 Å². The Morgan fingerprint density at radius 1 is 1.12 bits per heavy atom. The van der Waals surface area contributed by atoms with Crippen LogP contribution < -0.4 is 20.8 Å². The molecule has 1 aliphatic heterocycles. The van der Waals surface area contributed by atoms with Crippen molar-refractivity contribution in [3.05, 3.63) is 58.1 Å². The van der Waals surface area contributed by atoms with Gasteiger partial charge in [-0.3, -0.25) is 14.6 Å². The van der Waals surface area contributed by atoms with Gasteiger partial charge in [0.2, 0.25) is 5.91 Å². The van der Waals surface area contributed by atoms with Crippen LogP contribution in [-0.4, -0.2) is 30.7 Å². The highest BCUT2D eigenvalue weighted by molar-refractivity contribution is 6.44. The molecule has 2 aromatic rings. The van der Waals surface area contributed by atoms with Gasteiger partial charge in [0.1, 0.15) is 17.4 Å². The lowest BCUT2D eigenvalue weighted by molar-refractivity contribution is -0.122. The lowest BCUT2D eigenvalue weighted by atomic mass is 9.88. The zero-order valence-corrected chi connectivity index (χ0v) is 19.1. The Labute approximate surface area is 196 Å². The van der Waals surface area contributed by atoms with Crippen molar-refractivity contribution in [2.45, 2.75) is 37.8 Å². The molecule has 2 unspecified atom stereocenters. The van der Waals surface area contributed by atoms with Crippen molar-refractivity contribution >= 4 is 46.4 Å². The van der Waals surface area contributed by atoms with Gasteiger partial charge in [0.25, 0.3) is 5.91 Å². The highest BCUT2D eigenvalue weighted by Gasteiger charge is 2.46. The van der Waals surface area contributed by atoms with Gasteiger partial charge in [0.05, 0.1) is 23.9 Å². The lowest BCUT2D eigenvalue weighted by Gasteiger charge is -2.28. The number of nitrogens with zero attached hydrogens (tertiary/aromatic N) is 2. The highest BCUT2D eigenvalue weighted by atomic mass is 35.5. The van der Waals surface area contributed by atoms with Gasteiger partial charge in [0, 0.05) is 11.1 Å². The molecule has 2 aromatic carbocycles. The first-order valence-corrected chi connectivity index (χ1v) is 11.2. The Morgan fingerprint density at radius 2 is 1.81 bits per heavy atom. The summed E-state index contributed by atoms with van der Waals surface area (Å²) in [6, 6.07) is 11.6. The molecule has 2 amide bonds. The Balaban J connectivity index is 1.78. The summed E-state index contributed by atoms with van der Waals surface area (Å²) < 4.78 is 5.25. The Bertz CT molecular complexity index is 1050. The molecule has 2 atom stereocenters. The first-order valence-electron chi connectivity index (χ1n) is 10.5. The predicted octanol–water partition coefficient (Wildman–Crippen LogP) is 4.08. The van der Waals surface area contributed by atoms with E-state index in [0.29, 0.717) is 21.5 Å². The van der Waals surface area contributed by atoms with Crippen LogP contribution in [0.3, 0.4) is 0 Å². The van der Waals surface area contributed by atoms with Crippen molar-refractivity contribution in [2.24, 2.45) is 16.8 Å². The Hall–Kier alpha value is -2.77. The van der Waals surface area contributed by atoms with E-state index in [1.54, 1.807) is 42.5 Å². The number of primary amides is 1. The van der Waals surface area contributed by atoms with Crippen LogP contribution in [0.1, 0.15) is 37.3 Å². The molecular formula is C23H24Cl2N4O3. The number of halogens is 2. The van der Waals surface area contributed by atoms with Crippen LogP contribution in [0.2, 0.25) is 10.0 Å². The average Bonchev–Trinajstić information content (AvgIpc) is 3.42. The molecule has 0 radical (unpaired) electrons. The van der Waals surface area contributed by atoms with Gasteiger partial charge in [0.15, 0.2) is 0 Å². The van der Waals surface area contributed by atoms with Crippen molar-refractivity contribution in [1.29, 1.82) is 0 Å². The number of nitrogens with two attached hydrogens (primary N) is 1. The number of carbonyl (C=O) groups excluding carboxylic acids is 2. The number of amides is 2. The summed E-state index contributed by atoms with van der Waals surface area (Å²) in [7, 11) is 1.57. The predicted molar refractivity (Wildman–Crippen MR) is 125 cm³/mol. The summed E-state index contributed by atoms with van der Waals surface area (Å²) in [5.74, 6) is -1.32. The number of rotatable bonds is 6. The number of carbonyl (C=O) groups is 2. The van der Waals surface area contributed by atoms with Crippen LogP contribution in [0, 0.1) is 5.92 Å². The Kier molecular flexibility index (Phi) is 6.58. The molecule has 9 heteroatoms. The SMILES string of the molecule is COc1ccc(C2C(C(N)=O)C(C(=O)NC3CCCC3)=NN2c2ccc(Cl)cc2Cl)cc1. The number of benzene rings is 2. The summed E-state index contributed by atoms with van der Waals surface area (Å²) in [6.45, 7) is 0. The van der Waals surface area contributed by atoms with E-state index in [-0.39, 0.29) is 17.7 Å². The first-order chi connectivity index (χ1) is 15.4. The van der Waals surface area contributed by atoms with Crippen LogP contribution >= 0.6 is 23.2 Å². The first kappa shape index (κ1) is 22.4. The molecule has 1 fully saturated rings. The smallest absolute Gasteiger partial charge is 0.268 e. The van der Waals surface area contributed by atoms with E-state index >= 15 is 0 Å². The summed E-state index contributed by atoms with van der Waals surface area (Å²) in [4.78, 5) is 25.8. The number of ether oxygens (including phenoxy) is 1. The second kappa shape index (κ2) is 9.38. The molecule has 1 heterocycles. The van der Waals surface area contributed by atoms with Crippen LogP contribution in [-0.2, 0) is 9.59 Å². The van der Waals surface area contributed by atoms with Crippen LogP contribution in [0.15, 0.2) is 47.6 Å². The van der Waals surface area contributed by atoms with Crippen LogP contribution in [0.5, 0.6) is 5.75 Å². The van der Waals surface area contributed by atoms with Gasteiger partial charge in [-0.15, -0.1) is 0 Å². The molecule has 0 spiro atoms. The van der Waals surface area contributed by atoms with Crippen molar-refractivity contribution in [1.82, 2.24) is 5.32 Å². The maximum absolute atomic E-state index is 13.2. The largest absolute Gasteiger partial charge is 0.497 e. The lowest BCUT2D eigenvalue weighted by Crippen LogP contribution is -2.44. The number of hydrogen-bond acceptors (Lipinski definition) is 5. The number of nitrogens with one attached hydrogen (secondary N) is 1. The average molecular weight is 475 g/mol. The number of hydrogen-bond donors (Lipinski definition) is 2. The molecule has 0 saturated heterocycles. The summed E-state index contributed by atoms with van der Waals surface area (Å²) in [6.07, 6.45) is 3.96. The third-order valence-corrected chi connectivity index (χ3v) is 6.47. The second-order valence-corrected chi connectivity index (χ2v) is 8.82. The maximum atomic E-state index is 13.2. The van der Waals surface area contributed by atoms with E-state index in [1.165, 1.54) is 0 Å². The molecule has 4 rings (SSSR count). The zero-order valence-electron chi connectivity index (χ0n) is 17.6. The third kappa shape index (κ3) is 4.40. The van der Waals surface area contributed by atoms with E-state index in [0.717, 1.165) is 31.2 Å². The molecule has 32 heavy (non-hydrogen) atoms. The van der Waals surface area contributed by atoms with E-state index in [2.05, 4.69) is 10.4 Å². The van der Waals surface area contributed by atoms with Gasteiger partial charge in [-0.2, -0.15) is 5.10 Å². The molecule has 3 N–H and O–H groups in total. The van der Waals surface area contributed by atoms with Crippen molar-refractivity contribution in [2.75, 3.05) is 12.1 Å². The number of hydrazone groups is 1. The monoisotopic (exact) mass is 474 g/mol. The second-order valence-electron chi connectivity index (χ2n) is 7.98. The number of anilines is 1. The standard InChI is InChI=1S/C23H24Cl2N4O3/c1-32-16-9-6-13(7-10-16)21-19(22(26)30)20(23(31)27-15-4-2-3-5-15)28-29(21)18-11-8-14(24)12-17(18)25/h6-12,15,19,21H,2-5H2,1H3,(H2,26,30)(H,27,31). The summed E-state index contributed by atoms with van der Waals surface area (Å²) >= 11 is 12.5. The minimum absolute atomic E-state index is 0.0753. The van der Waals surface area contributed by atoms with Crippen LogP contribution in [0.25, 0.3) is 0 Å². The molecule has 1 saturated carbocycles. The maximum Gasteiger partial charge on any atom is 0.268 e. The zero-order chi connectivity index (χ0) is 22.8. The minimum Gasteiger partial charge on any atom is -0.497 e. The van der Waals surface area contributed by atoms with Crippen molar-refractivity contribution in [3.8, 4) is 5.75 Å². The topological polar surface area (TPSA) is 97.0 Å². The van der Waals surface area contributed by atoms with Gasteiger partial charge in [-0.1, -0.05) is 48.2 Å². The molecule has 7 nitrogen and oxygen atoms in total. The highest BCUT2D eigenvalue weighted by Crippen LogP contribution is 2.43. The quantitative estimate of drug-likeness (QED) is 0.658. The fraction of sp³-hybridized carbons (Fsp3) is 0.348. The number of methoxy groups -OCH3 is 1. The van der Waals surface area contributed by atoms with Gasteiger partial charge >= 0.3 is 0 Å². The van der Waals surface area contributed by atoms with Gasteiger partial charge < -0.3 is 15.8 Å². The van der Waals surface area contributed by atoms with Gasteiger partial charge in [-0.25, -0.2) is 0 Å². The Morgan fingerprint density at radius 3 is 2.41 bits per heavy atom. The van der Waals surface area contributed by atoms with Gasteiger partial charge in [-0.05, 0) is 48.7 Å². The molecular weight excluding hydrogens is 451 g/mol. The van der Waals surface area contributed by atoms with E-state index in [4.69, 9.17) is 33.7 Å². The third-order valence-electron chi connectivity index (χ3n) is 5.93. The fourth-order valence-electron chi connectivity index (χ4n) is 4.34. The van der Waals surface area contributed by atoms with Crippen molar-refractivity contribution in [3.63, 3.8) is 0 Å². The molecule has 168 valence electrons. The molecule has 1 aliphatic carbocycles. The molecule has 0 aromatic heterocycles. The van der Waals surface area contributed by atoms with E-state index in [1.807, 2.05) is 12.1 Å². The summed E-state index contributed by atoms with van der Waals surface area (Å²) in [5, 5.41) is 9.98. The fourth-order valence-corrected chi connectivity index (χ4v) is 4.84. The molecule has 0 bridgehead atoms. The molecule has 2 aliphatic rings.